The van der Waals surface area contributed by atoms with Gasteiger partial charge in [0.25, 0.3) is 5.56 Å². The predicted octanol–water partition coefficient (Wildman–Crippen LogP) is 3.40. The second kappa shape index (κ2) is 8.29. The van der Waals surface area contributed by atoms with Crippen molar-refractivity contribution in [2.24, 2.45) is 14.1 Å². The normalized spacial score (nSPS) is 17.1. The van der Waals surface area contributed by atoms with Crippen LogP contribution in [-0.4, -0.2) is 39.9 Å². The molecule has 0 radical (unpaired) electrons. The Labute approximate surface area is 238 Å². The second-order valence-corrected chi connectivity index (χ2v) is 10.8. The average molecular weight is 564 g/mol. The van der Waals surface area contributed by atoms with Crippen LogP contribution < -0.4 is 16.0 Å². The molecule has 1 atom stereocenters. The van der Waals surface area contributed by atoms with E-state index in [1.807, 2.05) is 30.3 Å². The minimum atomic E-state index is -1.42. The zero-order valence-electron chi connectivity index (χ0n) is 23.4. The molecule has 0 spiro atoms. The number of ketones is 1. The number of phenols is 2. The van der Waals surface area contributed by atoms with Gasteiger partial charge in [-0.05, 0) is 45.0 Å². The molecule has 42 heavy (non-hydrogen) atoms. The first-order valence-electron chi connectivity index (χ1n) is 13.2. The van der Waals surface area contributed by atoms with E-state index >= 15 is 0 Å². The summed E-state index contributed by atoms with van der Waals surface area (Å²) in [4.78, 5) is 44.3. The lowest BCUT2D eigenvalue weighted by Gasteiger charge is -2.27. The van der Waals surface area contributed by atoms with Crippen LogP contribution in [0.4, 0.5) is 0 Å². The summed E-state index contributed by atoms with van der Waals surface area (Å²) < 4.78 is 10.3. The van der Waals surface area contributed by atoms with Crippen LogP contribution in [0.1, 0.15) is 39.8 Å². The summed E-state index contributed by atoms with van der Waals surface area (Å²) in [6.45, 7) is 4.97. The van der Waals surface area contributed by atoms with Crippen LogP contribution in [0.3, 0.4) is 0 Å². The van der Waals surface area contributed by atoms with Crippen molar-refractivity contribution in [3.63, 3.8) is 0 Å². The fourth-order valence-corrected chi connectivity index (χ4v) is 6.06. The zero-order valence-corrected chi connectivity index (χ0v) is 23.4. The molecule has 0 fully saturated rings. The third kappa shape index (κ3) is 3.02. The fraction of sp³-hybridized carbons (Fsp3) is 0.194. The zero-order chi connectivity index (χ0) is 29.8. The Balaban J connectivity index is 1.50. The third-order valence-corrected chi connectivity index (χ3v) is 8.45. The van der Waals surface area contributed by atoms with E-state index in [0.29, 0.717) is 17.0 Å². The quantitative estimate of drug-likeness (QED) is 0.333. The predicted molar refractivity (Wildman–Crippen MR) is 154 cm³/mol. The highest BCUT2D eigenvalue weighted by molar-refractivity contribution is 6.14. The van der Waals surface area contributed by atoms with Crippen molar-refractivity contribution < 1.29 is 19.7 Å². The van der Waals surface area contributed by atoms with E-state index in [4.69, 9.17) is 4.74 Å². The first kappa shape index (κ1) is 25.5. The van der Waals surface area contributed by atoms with Crippen molar-refractivity contribution in [3.8, 4) is 34.2 Å². The third-order valence-electron chi connectivity index (χ3n) is 8.45. The van der Waals surface area contributed by atoms with Crippen LogP contribution in [0.2, 0.25) is 0 Å². The van der Waals surface area contributed by atoms with Crippen molar-refractivity contribution >= 4 is 22.9 Å². The lowest BCUT2D eigenvalue weighted by Crippen LogP contribution is -2.37. The highest BCUT2D eigenvalue weighted by Gasteiger charge is 2.55. The Morgan fingerprint density at radius 3 is 2.33 bits per heavy atom. The van der Waals surface area contributed by atoms with Crippen molar-refractivity contribution in [2.45, 2.75) is 26.2 Å². The summed E-state index contributed by atoms with van der Waals surface area (Å²) in [6.07, 6.45) is 1.74. The largest absolute Gasteiger partial charge is 0.507 e. The van der Waals surface area contributed by atoms with E-state index in [1.165, 1.54) is 37.7 Å². The number of para-hydroxylation sites is 1. The lowest BCUT2D eigenvalue weighted by molar-refractivity contribution is 0.0905. The number of rotatable bonds is 2. The number of aromatic hydroxyl groups is 2. The van der Waals surface area contributed by atoms with Gasteiger partial charge in [-0.1, -0.05) is 18.2 Å². The summed E-state index contributed by atoms with van der Waals surface area (Å²) in [5.41, 5.74) is 0.519. The molecule has 7 rings (SSSR count). The second-order valence-electron chi connectivity index (χ2n) is 10.8. The molecule has 1 aliphatic heterocycles. The Bertz CT molecular complexity index is 2210. The van der Waals surface area contributed by atoms with E-state index in [9.17, 15) is 24.6 Å². The number of pyridine rings is 1. The van der Waals surface area contributed by atoms with Crippen molar-refractivity contribution in [2.75, 3.05) is 0 Å². The summed E-state index contributed by atoms with van der Waals surface area (Å²) >= 11 is 0. The van der Waals surface area contributed by atoms with Crippen LogP contribution in [0.5, 0.6) is 17.2 Å². The summed E-state index contributed by atoms with van der Waals surface area (Å²) in [7, 11) is 2.89. The van der Waals surface area contributed by atoms with E-state index in [2.05, 4.69) is 10.1 Å². The lowest BCUT2D eigenvalue weighted by atomic mass is 9.71. The highest BCUT2D eigenvalue weighted by Crippen LogP contribution is 2.60. The van der Waals surface area contributed by atoms with Crippen molar-refractivity contribution in [3.05, 3.63) is 97.1 Å². The van der Waals surface area contributed by atoms with Crippen LogP contribution in [0.15, 0.2) is 57.8 Å². The van der Waals surface area contributed by atoms with Gasteiger partial charge in [-0.2, -0.15) is 5.10 Å². The van der Waals surface area contributed by atoms with E-state index < -0.39 is 16.7 Å². The Morgan fingerprint density at radius 2 is 1.62 bits per heavy atom. The van der Waals surface area contributed by atoms with Gasteiger partial charge in [-0.15, -0.1) is 0 Å². The Hall–Kier alpha value is -5.45. The monoisotopic (exact) mass is 563 g/mol. The van der Waals surface area contributed by atoms with Crippen molar-refractivity contribution in [1.29, 1.82) is 0 Å². The number of aromatic nitrogens is 5. The summed E-state index contributed by atoms with van der Waals surface area (Å²) in [6, 6.07) is 12.5. The molecule has 2 aromatic carbocycles. The molecule has 2 N–H and O–H groups in total. The molecule has 210 valence electrons. The van der Waals surface area contributed by atoms with Gasteiger partial charge in [0.2, 0.25) is 0 Å². The standard InChI is InChI=1S/C31H25N5O6/c1-14-24(37)22(18-12-11-17-28(32-18)34(4)30(41)35(5)29(17)40)26-23(25(14)38)31(3)20(42-26)13-19-21(27(31)39)15(2)33-36(19)16-9-7-6-8-10-16/h6-13,37-38H,1-5H3/t31-/m0/s1. The molecule has 0 unspecified atom stereocenters. The Kier molecular flexibility index (Phi) is 5.04. The highest BCUT2D eigenvalue weighted by atomic mass is 16.5. The number of ether oxygens (including phenoxy) is 1. The van der Waals surface area contributed by atoms with Gasteiger partial charge >= 0.3 is 5.69 Å². The number of aryl methyl sites for hydroxylation is 2. The smallest absolute Gasteiger partial charge is 0.332 e. The summed E-state index contributed by atoms with van der Waals surface area (Å²) in [5, 5.41) is 27.5. The number of fused-ring (bicyclic) bond motifs is 5. The topological polar surface area (TPSA) is 141 Å². The maximum absolute atomic E-state index is 14.3. The number of nitrogens with zero attached hydrogens (tertiary/aromatic N) is 5. The Morgan fingerprint density at radius 1 is 0.905 bits per heavy atom. The van der Waals surface area contributed by atoms with Gasteiger partial charge < -0.3 is 14.9 Å². The van der Waals surface area contributed by atoms with E-state index in [0.717, 1.165) is 10.3 Å². The minimum Gasteiger partial charge on any atom is -0.507 e. The molecule has 0 saturated carbocycles. The first-order chi connectivity index (χ1) is 20.0. The van der Waals surface area contributed by atoms with E-state index in [1.54, 1.807) is 24.6 Å². The number of hydrogen-bond acceptors (Lipinski definition) is 8. The minimum absolute atomic E-state index is 0.0698. The molecule has 3 aromatic heterocycles. The number of carbonyl (C=O) groups excluding carboxylic acids is 1. The van der Waals surface area contributed by atoms with Gasteiger partial charge in [0.1, 0.15) is 34.1 Å². The SMILES string of the molecule is Cc1nn(-c2ccccc2)c2c1C(=O)[C@@]1(C)C(=C2)Oc2c(-c3ccc4c(=O)n(C)c(=O)n(C)c4n3)c(O)c(C)c(O)c21. The maximum Gasteiger partial charge on any atom is 0.332 e. The fourth-order valence-electron chi connectivity index (χ4n) is 6.06. The first-order valence-corrected chi connectivity index (χ1v) is 13.2. The molecular formula is C31H25N5O6. The number of benzene rings is 2. The number of Topliss-reactive ketones (excluding diaryl/α,β-unsaturated/α-hetero) is 1. The molecule has 11 nitrogen and oxygen atoms in total. The number of hydrogen-bond donors (Lipinski definition) is 2. The summed E-state index contributed by atoms with van der Waals surface area (Å²) in [5.74, 6) is -0.552. The number of allylic oxidation sites excluding steroid dienone is 1. The molecule has 0 bridgehead atoms. The van der Waals surface area contributed by atoms with E-state index in [-0.39, 0.29) is 62.2 Å². The maximum atomic E-state index is 14.3. The molecule has 4 heterocycles. The van der Waals surface area contributed by atoms with Crippen LogP contribution in [0.25, 0.3) is 34.1 Å². The number of phenolic OH excluding ortho intramolecular Hbond substituents is 2. The van der Waals surface area contributed by atoms with Crippen LogP contribution >= 0.6 is 0 Å². The molecule has 11 heteroatoms. The molecule has 0 amide bonds. The molecule has 1 aliphatic carbocycles. The van der Waals surface area contributed by atoms with Gasteiger partial charge in [-0.25, -0.2) is 14.5 Å². The molecule has 5 aromatic rings. The van der Waals surface area contributed by atoms with Gasteiger partial charge in [-0.3, -0.25) is 18.7 Å². The van der Waals surface area contributed by atoms with Crippen LogP contribution in [0, 0.1) is 13.8 Å². The molecule has 0 saturated heterocycles. The van der Waals surface area contributed by atoms with Crippen LogP contribution in [-0.2, 0) is 19.5 Å². The average Bonchev–Trinajstić information content (AvgIpc) is 3.48. The van der Waals surface area contributed by atoms with Gasteiger partial charge in [0.05, 0.1) is 44.8 Å². The van der Waals surface area contributed by atoms with Crippen molar-refractivity contribution in [1.82, 2.24) is 23.9 Å². The number of carbonyl (C=O) groups is 1. The molecule has 2 aliphatic rings. The molecular weight excluding hydrogens is 538 g/mol. The van der Waals surface area contributed by atoms with Gasteiger partial charge in [0.15, 0.2) is 5.78 Å². The van der Waals surface area contributed by atoms with Gasteiger partial charge in [0, 0.05) is 25.7 Å².